The minimum absolute atomic E-state index is 0.609. The minimum atomic E-state index is -1.45. The van der Waals surface area contributed by atoms with Gasteiger partial charge in [-0.15, -0.1) is 0 Å². The molecule has 2 nitrogen and oxygen atoms in total. The van der Waals surface area contributed by atoms with Gasteiger partial charge in [-0.3, -0.25) is 0 Å². The first-order valence-corrected chi connectivity index (χ1v) is 12.1. The van der Waals surface area contributed by atoms with Gasteiger partial charge in [-0.05, 0) is 38.4 Å². The average Bonchev–Trinajstić information content (AvgIpc) is 1.84. The first-order chi connectivity index (χ1) is 5.27. The molecule has 0 heterocycles. The first kappa shape index (κ1) is 12.8. The number of hydrogen-bond acceptors (Lipinski definition) is 2. The summed E-state index contributed by atoms with van der Waals surface area (Å²) in [6, 6.07) is 0. The Morgan fingerprint density at radius 3 is 2.00 bits per heavy atom. The van der Waals surface area contributed by atoms with Gasteiger partial charge in [0.25, 0.3) is 0 Å². The second-order valence-electron chi connectivity index (χ2n) is 4.40. The first-order valence-electron chi connectivity index (χ1n) is 4.02. The van der Waals surface area contributed by atoms with Crippen LogP contribution < -0.4 is 0 Å². The van der Waals surface area contributed by atoms with Crippen LogP contribution in [-0.2, 0) is 8.23 Å². The Balaban J connectivity index is 3.57. The van der Waals surface area contributed by atoms with Crippen molar-refractivity contribution in [1.82, 2.24) is 0 Å². The van der Waals surface area contributed by atoms with E-state index in [0.29, 0.717) is 9.76 Å². The SMILES string of the molecule is C[Si](C)(C)O[Si]C[Si](C)(C)O[Si]. The van der Waals surface area contributed by atoms with Crippen LogP contribution in [-0.4, -0.2) is 36.9 Å². The zero-order chi connectivity index (χ0) is 9.83. The molecule has 0 amide bonds. The van der Waals surface area contributed by atoms with E-state index in [9.17, 15) is 0 Å². The maximum absolute atomic E-state index is 5.77. The summed E-state index contributed by atoms with van der Waals surface area (Å²) in [7, 11) is 0.969. The van der Waals surface area contributed by atoms with Crippen molar-refractivity contribution in [3.63, 3.8) is 0 Å². The van der Waals surface area contributed by atoms with Gasteiger partial charge >= 0.3 is 0 Å². The molecule has 0 bridgehead atoms. The van der Waals surface area contributed by atoms with E-state index in [4.69, 9.17) is 8.23 Å². The normalized spacial score (nSPS) is 13.5. The van der Waals surface area contributed by atoms with Crippen molar-refractivity contribution in [1.29, 1.82) is 0 Å². The molecule has 6 heteroatoms. The predicted molar refractivity (Wildman–Crippen MR) is 59.3 cm³/mol. The summed E-state index contributed by atoms with van der Waals surface area (Å²) in [6.45, 7) is 11.0. The van der Waals surface area contributed by atoms with E-state index in [1.54, 1.807) is 0 Å². The van der Waals surface area contributed by atoms with Gasteiger partial charge in [0.2, 0.25) is 20.2 Å². The quantitative estimate of drug-likeness (QED) is 0.673. The largest absolute Gasteiger partial charge is 0.457 e. The van der Waals surface area contributed by atoms with Gasteiger partial charge < -0.3 is 8.23 Å². The van der Waals surface area contributed by atoms with Gasteiger partial charge in [0, 0.05) is 0 Å². The van der Waals surface area contributed by atoms with E-state index in [-0.39, 0.29) is 0 Å². The van der Waals surface area contributed by atoms with E-state index in [0.717, 1.165) is 5.67 Å². The van der Waals surface area contributed by atoms with Gasteiger partial charge in [0.1, 0.15) is 0 Å². The molecule has 0 rings (SSSR count). The van der Waals surface area contributed by atoms with E-state index in [1.165, 1.54) is 0 Å². The fourth-order valence-corrected chi connectivity index (χ4v) is 5.46. The summed E-state index contributed by atoms with van der Waals surface area (Å²) in [5, 5.41) is 0. The molecule has 0 unspecified atom stereocenters. The molecular formula is C6H17O2Si4. The molecule has 0 fully saturated rings. The van der Waals surface area contributed by atoms with Crippen molar-refractivity contribution in [3.8, 4) is 0 Å². The lowest BCUT2D eigenvalue weighted by molar-refractivity contribution is 0.585. The van der Waals surface area contributed by atoms with Crippen LogP contribution in [0.3, 0.4) is 0 Å². The summed E-state index contributed by atoms with van der Waals surface area (Å²) >= 11 is 0. The zero-order valence-corrected chi connectivity index (χ0v) is 12.5. The van der Waals surface area contributed by atoms with Crippen molar-refractivity contribution < 1.29 is 8.23 Å². The molecule has 69 valence electrons. The Labute approximate surface area is 83.8 Å². The number of hydrogen-bond donors (Lipinski definition) is 0. The van der Waals surface area contributed by atoms with Crippen LogP contribution in [0.15, 0.2) is 0 Å². The van der Waals surface area contributed by atoms with Crippen molar-refractivity contribution in [2.24, 2.45) is 0 Å². The van der Waals surface area contributed by atoms with Crippen LogP contribution in [0.25, 0.3) is 0 Å². The summed E-state index contributed by atoms with van der Waals surface area (Å²) < 4.78 is 11.0. The summed E-state index contributed by atoms with van der Waals surface area (Å²) in [6.07, 6.45) is 0. The molecule has 0 aromatic rings. The Morgan fingerprint density at radius 2 is 1.67 bits per heavy atom. The highest BCUT2D eigenvalue weighted by molar-refractivity contribution is 6.82. The summed E-state index contributed by atoms with van der Waals surface area (Å²) in [5.41, 5.74) is 1.08. The van der Waals surface area contributed by atoms with Crippen molar-refractivity contribution in [3.05, 3.63) is 0 Å². The summed E-state index contributed by atoms with van der Waals surface area (Å²) in [5.74, 6) is 0. The third kappa shape index (κ3) is 7.44. The van der Waals surface area contributed by atoms with Crippen LogP contribution in [0.1, 0.15) is 0 Å². The Bertz CT molecular complexity index is 132. The van der Waals surface area contributed by atoms with E-state index < -0.39 is 16.6 Å². The molecular weight excluding hydrogens is 216 g/mol. The highest BCUT2D eigenvalue weighted by Gasteiger charge is 2.22. The molecule has 5 radical (unpaired) electrons. The molecule has 0 aliphatic carbocycles. The van der Waals surface area contributed by atoms with Gasteiger partial charge in [-0.1, -0.05) is 0 Å². The van der Waals surface area contributed by atoms with Gasteiger partial charge in [0.05, 0.1) is 0 Å². The molecule has 0 atom stereocenters. The minimum Gasteiger partial charge on any atom is -0.457 e. The lowest BCUT2D eigenvalue weighted by Gasteiger charge is -2.22. The Kier molecular flexibility index (Phi) is 5.19. The monoisotopic (exact) mass is 233 g/mol. The van der Waals surface area contributed by atoms with Gasteiger partial charge in [0.15, 0.2) is 16.6 Å². The molecule has 0 aliphatic rings. The van der Waals surface area contributed by atoms with Crippen molar-refractivity contribution >= 4 is 36.9 Å². The van der Waals surface area contributed by atoms with Crippen molar-refractivity contribution in [2.75, 3.05) is 0 Å². The highest BCUT2D eigenvalue weighted by Crippen LogP contribution is 2.10. The Hall–Kier alpha value is 0.788. The topological polar surface area (TPSA) is 18.5 Å². The fraction of sp³-hybridized carbons (Fsp3) is 1.00. The number of rotatable bonds is 5. The molecule has 0 spiro atoms. The van der Waals surface area contributed by atoms with Gasteiger partial charge in [-0.2, -0.15) is 0 Å². The van der Waals surface area contributed by atoms with Crippen LogP contribution in [0.5, 0.6) is 0 Å². The third-order valence-electron chi connectivity index (χ3n) is 1.15. The maximum Gasteiger partial charge on any atom is 0.230 e. The highest BCUT2D eigenvalue weighted by atomic mass is 28.4. The van der Waals surface area contributed by atoms with E-state index in [1.807, 2.05) is 0 Å². The van der Waals surface area contributed by atoms with Crippen LogP contribution in [0.4, 0.5) is 0 Å². The standard InChI is InChI=1S/C6H17O2Si4/c1-11(2,3)8-10-6-12(4,5)7-9/h6H2,1-5H3. The van der Waals surface area contributed by atoms with Crippen LogP contribution >= 0.6 is 0 Å². The summed E-state index contributed by atoms with van der Waals surface area (Å²) in [4.78, 5) is 0. The fourth-order valence-electron chi connectivity index (χ4n) is 0.462. The maximum atomic E-state index is 5.77. The zero-order valence-electron chi connectivity index (χ0n) is 8.52. The molecule has 12 heavy (non-hydrogen) atoms. The molecule has 0 saturated heterocycles. The third-order valence-corrected chi connectivity index (χ3v) is 10.4. The lowest BCUT2D eigenvalue weighted by Crippen LogP contribution is -2.35. The van der Waals surface area contributed by atoms with Crippen LogP contribution in [0, 0.1) is 0 Å². The van der Waals surface area contributed by atoms with E-state index >= 15 is 0 Å². The van der Waals surface area contributed by atoms with Crippen LogP contribution in [0.2, 0.25) is 38.4 Å². The molecule has 0 aromatic heterocycles. The molecule has 0 aromatic carbocycles. The average molecular weight is 234 g/mol. The van der Waals surface area contributed by atoms with Crippen molar-refractivity contribution in [2.45, 2.75) is 38.4 Å². The smallest absolute Gasteiger partial charge is 0.230 e. The lowest BCUT2D eigenvalue weighted by atomic mass is 11.8. The molecule has 0 N–H and O–H groups in total. The molecule has 0 aliphatic heterocycles. The van der Waals surface area contributed by atoms with E-state index in [2.05, 4.69) is 43.2 Å². The van der Waals surface area contributed by atoms with Gasteiger partial charge in [-0.25, -0.2) is 0 Å². The predicted octanol–water partition coefficient (Wildman–Crippen LogP) is 1.72. The second-order valence-corrected chi connectivity index (χ2v) is 15.5. The Morgan fingerprint density at radius 1 is 1.17 bits per heavy atom. The second kappa shape index (κ2) is 4.87. The molecule has 0 saturated carbocycles.